The molecule has 0 saturated heterocycles. The van der Waals surface area contributed by atoms with Gasteiger partial charge >= 0.3 is 0 Å². The van der Waals surface area contributed by atoms with Gasteiger partial charge in [0.25, 0.3) is 0 Å². The van der Waals surface area contributed by atoms with Crippen molar-refractivity contribution in [3.63, 3.8) is 0 Å². The van der Waals surface area contributed by atoms with Gasteiger partial charge in [0.2, 0.25) is 0 Å². The Kier molecular flexibility index (Phi) is 10.4. The molecule has 72 valence electrons. The Morgan fingerprint density at radius 2 is 1.50 bits per heavy atom. The van der Waals surface area contributed by atoms with Crippen molar-refractivity contribution in [1.82, 2.24) is 0 Å². The summed E-state index contributed by atoms with van der Waals surface area (Å²) in [6.45, 7) is 1.12. The van der Waals surface area contributed by atoms with Crippen LogP contribution in [0.5, 0.6) is 0 Å². The lowest BCUT2D eigenvalue weighted by Gasteiger charge is -1.93. The van der Waals surface area contributed by atoms with Crippen molar-refractivity contribution in [2.45, 2.75) is 38.5 Å². The van der Waals surface area contributed by atoms with Gasteiger partial charge in [0.05, 0.1) is 0 Å². The van der Waals surface area contributed by atoms with Crippen LogP contribution in [0.2, 0.25) is 0 Å². The third kappa shape index (κ3) is 9.66. The molecule has 0 amide bonds. The molecule has 0 spiro atoms. The van der Waals surface area contributed by atoms with Crippen molar-refractivity contribution in [2.24, 2.45) is 5.73 Å². The Hall–Kier alpha value is -0.340. The quantitative estimate of drug-likeness (QED) is 0.432. The number of aliphatic hydroxyl groups excluding tert-OH is 1. The number of unbranched alkanes of at least 4 members (excludes halogenated alkanes) is 4. The summed E-state index contributed by atoms with van der Waals surface area (Å²) < 4.78 is 0. The number of hydrogen-bond acceptors (Lipinski definition) is 2. The summed E-state index contributed by atoms with van der Waals surface area (Å²) in [6.07, 6.45) is 11.0. The van der Waals surface area contributed by atoms with Crippen LogP contribution in [0.15, 0.2) is 12.2 Å². The van der Waals surface area contributed by atoms with Crippen LogP contribution < -0.4 is 5.73 Å². The molecule has 0 aliphatic carbocycles. The third-order valence-corrected chi connectivity index (χ3v) is 1.77. The van der Waals surface area contributed by atoms with Crippen LogP contribution in [-0.4, -0.2) is 18.3 Å². The molecule has 0 radical (unpaired) electrons. The molecule has 0 atom stereocenters. The third-order valence-electron chi connectivity index (χ3n) is 1.77. The van der Waals surface area contributed by atoms with Gasteiger partial charge in [-0.15, -0.1) is 0 Å². The maximum Gasteiger partial charge on any atom is 0.0431 e. The lowest BCUT2D eigenvalue weighted by Crippen LogP contribution is -1.96. The van der Waals surface area contributed by atoms with E-state index in [-0.39, 0.29) is 0 Å². The highest BCUT2D eigenvalue weighted by Gasteiger charge is 1.83. The van der Waals surface area contributed by atoms with E-state index in [1.54, 1.807) is 0 Å². The monoisotopic (exact) mass is 171 g/mol. The SMILES string of the molecule is NCCCC/C=C\CCCCO. The standard InChI is InChI=1S/C10H21NO/c11-9-7-5-3-1-2-4-6-8-10-12/h1-2,12H,3-11H2/b2-1-. The lowest BCUT2D eigenvalue weighted by atomic mass is 10.2. The van der Waals surface area contributed by atoms with Crippen LogP contribution in [0.25, 0.3) is 0 Å². The second-order valence-corrected chi connectivity index (χ2v) is 2.98. The van der Waals surface area contributed by atoms with Crippen LogP contribution in [-0.2, 0) is 0 Å². The molecule has 0 fully saturated rings. The van der Waals surface area contributed by atoms with Crippen molar-refractivity contribution < 1.29 is 5.11 Å². The van der Waals surface area contributed by atoms with Crippen LogP contribution in [0.4, 0.5) is 0 Å². The lowest BCUT2D eigenvalue weighted by molar-refractivity contribution is 0.285. The fourth-order valence-corrected chi connectivity index (χ4v) is 1.02. The van der Waals surface area contributed by atoms with Gasteiger partial charge in [-0.25, -0.2) is 0 Å². The summed E-state index contributed by atoms with van der Waals surface area (Å²) in [4.78, 5) is 0. The Balaban J connectivity index is 2.93. The molecule has 0 aliphatic rings. The molecule has 0 aromatic rings. The molecule has 0 saturated carbocycles. The first kappa shape index (κ1) is 11.7. The molecule has 2 nitrogen and oxygen atoms in total. The Labute approximate surface area is 75.5 Å². The molecule has 3 N–H and O–H groups in total. The van der Waals surface area contributed by atoms with E-state index in [0.29, 0.717) is 6.61 Å². The van der Waals surface area contributed by atoms with Crippen LogP contribution in [0.3, 0.4) is 0 Å². The van der Waals surface area contributed by atoms with Gasteiger partial charge in [-0.1, -0.05) is 12.2 Å². The fraction of sp³-hybridized carbons (Fsp3) is 0.800. The number of rotatable bonds is 8. The first-order valence-electron chi connectivity index (χ1n) is 4.87. The smallest absolute Gasteiger partial charge is 0.0431 e. The summed E-state index contributed by atoms with van der Waals surface area (Å²) in [7, 11) is 0. The first-order valence-corrected chi connectivity index (χ1v) is 4.87. The summed E-state index contributed by atoms with van der Waals surface area (Å²) in [6, 6.07) is 0. The molecule has 0 aliphatic heterocycles. The molecule has 0 unspecified atom stereocenters. The highest BCUT2D eigenvalue weighted by molar-refractivity contribution is 4.81. The second-order valence-electron chi connectivity index (χ2n) is 2.98. The fourth-order valence-electron chi connectivity index (χ4n) is 1.02. The zero-order chi connectivity index (χ0) is 9.07. The number of nitrogens with two attached hydrogens (primary N) is 1. The zero-order valence-electron chi connectivity index (χ0n) is 7.84. The Morgan fingerprint density at radius 1 is 0.917 bits per heavy atom. The molecule has 0 heterocycles. The zero-order valence-corrected chi connectivity index (χ0v) is 7.84. The van der Waals surface area contributed by atoms with Gasteiger partial charge in [-0.2, -0.15) is 0 Å². The Morgan fingerprint density at radius 3 is 2.00 bits per heavy atom. The summed E-state index contributed by atoms with van der Waals surface area (Å²) in [5, 5.41) is 8.50. The van der Waals surface area contributed by atoms with Crippen LogP contribution in [0.1, 0.15) is 38.5 Å². The van der Waals surface area contributed by atoms with Gasteiger partial charge in [-0.05, 0) is 45.1 Å². The minimum Gasteiger partial charge on any atom is -0.396 e. The second kappa shape index (κ2) is 10.7. The van der Waals surface area contributed by atoms with Crippen molar-refractivity contribution in [1.29, 1.82) is 0 Å². The van der Waals surface area contributed by atoms with Crippen molar-refractivity contribution in [2.75, 3.05) is 13.2 Å². The number of aliphatic hydroxyl groups is 1. The minimum absolute atomic E-state index is 0.320. The van der Waals surface area contributed by atoms with E-state index in [4.69, 9.17) is 10.8 Å². The maximum absolute atomic E-state index is 8.50. The van der Waals surface area contributed by atoms with E-state index in [0.717, 1.165) is 38.6 Å². The normalized spacial score (nSPS) is 11.2. The van der Waals surface area contributed by atoms with Crippen LogP contribution >= 0.6 is 0 Å². The van der Waals surface area contributed by atoms with E-state index in [1.165, 1.54) is 6.42 Å². The van der Waals surface area contributed by atoms with E-state index in [2.05, 4.69) is 12.2 Å². The molecular weight excluding hydrogens is 150 g/mol. The summed E-state index contributed by atoms with van der Waals surface area (Å²) >= 11 is 0. The van der Waals surface area contributed by atoms with Gasteiger partial charge in [0.1, 0.15) is 0 Å². The highest BCUT2D eigenvalue weighted by atomic mass is 16.2. The van der Waals surface area contributed by atoms with Gasteiger partial charge in [0.15, 0.2) is 0 Å². The molecule has 2 heteroatoms. The van der Waals surface area contributed by atoms with Crippen LogP contribution in [0, 0.1) is 0 Å². The van der Waals surface area contributed by atoms with Crippen molar-refractivity contribution >= 4 is 0 Å². The Bertz CT molecular complexity index is 90.0. The van der Waals surface area contributed by atoms with Gasteiger partial charge < -0.3 is 10.8 Å². The minimum atomic E-state index is 0.320. The topological polar surface area (TPSA) is 46.2 Å². The predicted octanol–water partition coefficient (Wildman–Crippen LogP) is 1.83. The van der Waals surface area contributed by atoms with Crippen molar-refractivity contribution in [3.8, 4) is 0 Å². The van der Waals surface area contributed by atoms with Gasteiger partial charge in [-0.3, -0.25) is 0 Å². The predicted molar refractivity (Wildman–Crippen MR) is 53.0 cm³/mol. The number of allylic oxidation sites excluding steroid dienone is 2. The average molecular weight is 171 g/mol. The molecule has 0 aromatic carbocycles. The van der Waals surface area contributed by atoms with Crippen molar-refractivity contribution in [3.05, 3.63) is 12.2 Å². The van der Waals surface area contributed by atoms with Gasteiger partial charge in [0, 0.05) is 6.61 Å². The maximum atomic E-state index is 8.50. The highest BCUT2D eigenvalue weighted by Crippen LogP contribution is 1.99. The van der Waals surface area contributed by atoms with E-state index in [1.807, 2.05) is 0 Å². The molecule has 12 heavy (non-hydrogen) atoms. The largest absolute Gasteiger partial charge is 0.396 e. The summed E-state index contributed by atoms with van der Waals surface area (Å²) in [5.41, 5.74) is 5.36. The number of hydrogen-bond donors (Lipinski definition) is 2. The first-order chi connectivity index (χ1) is 5.91. The van der Waals surface area contributed by atoms with E-state index >= 15 is 0 Å². The summed E-state index contributed by atoms with van der Waals surface area (Å²) in [5.74, 6) is 0. The van der Waals surface area contributed by atoms with E-state index < -0.39 is 0 Å². The van der Waals surface area contributed by atoms with E-state index in [9.17, 15) is 0 Å². The molecule has 0 rings (SSSR count). The molecule has 0 aromatic heterocycles. The average Bonchev–Trinajstić information content (AvgIpc) is 2.10. The molecular formula is C10H21NO. The molecule has 0 bridgehead atoms.